The zero-order chi connectivity index (χ0) is 18.8. The first-order chi connectivity index (χ1) is 11.7. The minimum Gasteiger partial charge on any atom is -0.463 e. The van der Waals surface area contributed by atoms with Gasteiger partial charge >= 0.3 is 5.97 Å². The van der Waals surface area contributed by atoms with Crippen molar-refractivity contribution in [3.8, 4) is 11.8 Å². The highest BCUT2D eigenvalue weighted by atomic mass is 16.6. The molecular weight excluding hydrogens is 318 g/mol. The molecule has 0 amide bonds. The van der Waals surface area contributed by atoms with Gasteiger partial charge in [0.1, 0.15) is 7.11 Å². The van der Waals surface area contributed by atoms with E-state index in [0.29, 0.717) is 12.2 Å². The monoisotopic (exact) mass is 345 g/mol. The molecule has 136 valence electrons. The summed E-state index contributed by atoms with van der Waals surface area (Å²) in [5.41, 5.74) is 0.609. The van der Waals surface area contributed by atoms with Gasteiger partial charge in [0.25, 0.3) is 0 Å². The van der Waals surface area contributed by atoms with Crippen molar-refractivity contribution in [3.05, 3.63) is 23.3 Å². The van der Waals surface area contributed by atoms with E-state index in [4.69, 9.17) is 9.57 Å². The van der Waals surface area contributed by atoms with E-state index in [0.717, 1.165) is 17.7 Å². The van der Waals surface area contributed by atoms with Gasteiger partial charge in [-0.3, -0.25) is 0 Å². The van der Waals surface area contributed by atoms with Gasteiger partial charge < -0.3 is 14.7 Å². The third-order valence-corrected chi connectivity index (χ3v) is 5.12. The summed E-state index contributed by atoms with van der Waals surface area (Å²) in [6, 6.07) is 0. The van der Waals surface area contributed by atoms with Gasteiger partial charge in [0, 0.05) is 23.0 Å². The molecule has 0 aromatic rings. The highest BCUT2D eigenvalue weighted by molar-refractivity contribution is 6.02. The molecule has 1 N–H and O–H groups in total. The molecule has 0 aromatic carbocycles. The van der Waals surface area contributed by atoms with Crippen LogP contribution in [0.2, 0.25) is 0 Å². The van der Waals surface area contributed by atoms with Gasteiger partial charge in [-0.05, 0) is 37.8 Å². The molecule has 5 nitrogen and oxygen atoms in total. The number of hydrogen-bond acceptors (Lipinski definition) is 5. The van der Waals surface area contributed by atoms with E-state index in [1.165, 1.54) is 13.2 Å². The average Bonchev–Trinajstić information content (AvgIpc) is 3.24. The molecule has 0 saturated heterocycles. The lowest BCUT2D eigenvalue weighted by molar-refractivity contribution is -0.137. The van der Waals surface area contributed by atoms with E-state index in [1.54, 1.807) is 6.92 Å². The number of ether oxygens (including phenoxy) is 1. The van der Waals surface area contributed by atoms with E-state index < -0.39 is 11.6 Å². The minimum absolute atomic E-state index is 0.0572. The van der Waals surface area contributed by atoms with Crippen LogP contribution in [0.5, 0.6) is 0 Å². The molecular formula is C20H27NO4. The summed E-state index contributed by atoms with van der Waals surface area (Å²) >= 11 is 0. The fourth-order valence-corrected chi connectivity index (χ4v) is 3.33. The van der Waals surface area contributed by atoms with Crippen LogP contribution < -0.4 is 0 Å². The number of fused-ring (bicyclic) bond motifs is 1. The van der Waals surface area contributed by atoms with Crippen LogP contribution in [0.4, 0.5) is 0 Å². The van der Waals surface area contributed by atoms with Crippen LogP contribution in [0.1, 0.15) is 41.0 Å². The van der Waals surface area contributed by atoms with Crippen molar-refractivity contribution in [2.24, 2.45) is 22.4 Å². The number of hydrogen-bond donors (Lipinski definition) is 1. The number of carbonyl (C=O) groups is 1. The second kappa shape index (κ2) is 7.05. The Morgan fingerprint density at radius 2 is 2.24 bits per heavy atom. The van der Waals surface area contributed by atoms with Crippen molar-refractivity contribution in [1.82, 2.24) is 0 Å². The molecule has 2 aliphatic rings. The second-order valence-electron chi connectivity index (χ2n) is 7.17. The Morgan fingerprint density at radius 3 is 2.80 bits per heavy atom. The van der Waals surface area contributed by atoms with Crippen LogP contribution in [0.25, 0.3) is 0 Å². The fourth-order valence-electron chi connectivity index (χ4n) is 3.33. The number of aliphatic hydroxyl groups is 1. The van der Waals surface area contributed by atoms with Crippen molar-refractivity contribution < 1.29 is 19.5 Å². The molecule has 0 spiro atoms. The highest BCUT2D eigenvalue weighted by Crippen LogP contribution is 2.64. The predicted molar refractivity (Wildman–Crippen MR) is 96.7 cm³/mol. The largest absolute Gasteiger partial charge is 0.463 e. The first-order valence-electron chi connectivity index (χ1n) is 8.63. The van der Waals surface area contributed by atoms with Crippen molar-refractivity contribution in [3.63, 3.8) is 0 Å². The topological polar surface area (TPSA) is 68.1 Å². The van der Waals surface area contributed by atoms with Gasteiger partial charge in [-0.2, -0.15) is 0 Å². The molecule has 5 heteroatoms. The van der Waals surface area contributed by atoms with Gasteiger partial charge in [-0.25, -0.2) is 4.79 Å². The maximum Gasteiger partial charge on any atom is 0.331 e. The van der Waals surface area contributed by atoms with Crippen molar-refractivity contribution in [2.45, 2.75) is 46.6 Å². The zero-order valence-corrected chi connectivity index (χ0v) is 15.8. The van der Waals surface area contributed by atoms with Gasteiger partial charge in [-0.15, -0.1) is 0 Å². The maximum atomic E-state index is 11.7. The van der Waals surface area contributed by atoms with E-state index in [1.807, 2.05) is 33.8 Å². The second-order valence-corrected chi connectivity index (χ2v) is 7.17. The smallest absolute Gasteiger partial charge is 0.331 e. The van der Waals surface area contributed by atoms with Crippen molar-refractivity contribution in [2.75, 3.05) is 13.7 Å². The predicted octanol–water partition coefficient (Wildman–Crippen LogP) is 2.85. The third kappa shape index (κ3) is 3.50. The van der Waals surface area contributed by atoms with Crippen LogP contribution in [-0.4, -0.2) is 36.1 Å². The zero-order valence-electron chi connectivity index (χ0n) is 15.8. The summed E-state index contributed by atoms with van der Waals surface area (Å²) in [4.78, 5) is 16.6. The molecule has 2 aliphatic carbocycles. The number of carbonyl (C=O) groups excluding carboxylic acids is 1. The molecule has 0 bridgehead atoms. The Kier molecular flexibility index (Phi) is 5.43. The Balaban J connectivity index is 2.39. The quantitative estimate of drug-likeness (QED) is 0.368. The lowest BCUT2D eigenvalue weighted by atomic mass is 9.74. The molecule has 1 saturated carbocycles. The van der Waals surface area contributed by atoms with Crippen LogP contribution >= 0.6 is 0 Å². The summed E-state index contributed by atoms with van der Waals surface area (Å²) in [6.45, 7) is 9.86. The van der Waals surface area contributed by atoms with E-state index in [9.17, 15) is 9.90 Å². The lowest BCUT2D eigenvalue weighted by Gasteiger charge is -2.34. The van der Waals surface area contributed by atoms with E-state index in [-0.39, 0.29) is 17.3 Å². The Hall–Kier alpha value is -2.06. The molecule has 3 unspecified atom stereocenters. The minimum atomic E-state index is -1.24. The van der Waals surface area contributed by atoms with Gasteiger partial charge in [-0.1, -0.05) is 37.8 Å². The molecule has 1 fully saturated rings. The number of esters is 1. The molecule has 0 heterocycles. The van der Waals surface area contributed by atoms with E-state index in [2.05, 4.69) is 17.0 Å². The molecule has 3 atom stereocenters. The molecule has 0 aromatic heterocycles. The summed E-state index contributed by atoms with van der Waals surface area (Å²) in [5.74, 6) is 5.84. The van der Waals surface area contributed by atoms with Crippen LogP contribution in [0, 0.1) is 29.1 Å². The average molecular weight is 345 g/mol. The van der Waals surface area contributed by atoms with Gasteiger partial charge in [0.15, 0.2) is 5.60 Å². The Bertz CT molecular complexity index is 707. The fraction of sp³-hybridized carbons (Fsp3) is 0.600. The van der Waals surface area contributed by atoms with Gasteiger partial charge in [0.2, 0.25) is 0 Å². The summed E-state index contributed by atoms with van der Waals surface area (Å²) in [6.07, 6.45) is 4.06. The molecule has 2 rings (SSSR count). The molecule has 25 heavy (non-hydrogen) atoms. The SMILES string of the molecule is CCOC(=O)/C=C(\C#CC1(O)C(C)=CC(=NOC)C2CC21C)C(C)C. The number of oxime groups is 1. The highest BCUT2D eigenvalue weighted by Gasteiger charge is 2.67. The Morgan fingerprint density at radius 1 is 1.56 bits per heavy atom. The van der Waals surface area contributed by atoms with Gasteiger partial charge in [0.05, 0.1) is 12.3 Å². The summed E-state index contributed by atoms with van der Waals surface area (Å²) in [5, 5.41) is 15.3. The lowest BCUT2D eigenvalue weighted by Crippen LogP contribution is -2.42. The van der Waals surface area contributed by atoms with E-state index >= 15 is 0 Å². The number of rotatable bonds is 4. The molecule has 0 radical (unpaired) electrons. The van der Waals surface area contributed by atoms with Crippen molar-refractivity contribution in [1.29, 1.82) is 0 Å². The number of nitrogens with zero attached hydrogens (tertiary/aromatic N) is 1. The van der Waals surface area contributed by atoms with Crippen molar-refractivity contribution >= 4 is 11.7 Å². The first-order valence-corrected chi connectivity index (χ1v) is 8.63. The van der Waals surface area contributed by atoms with Crippen LogP contribution in [0.3, 0.4) is 0 Å². The summed E-state index contributed by atoms with van der Waals surface area (Å²) in [7, 11) is 1.52. The maximum absolute atomic E-state index is 11.7. The Labute approximate surface area is 149 Å². The third-order valence-electron chi connectivity index (χ3n) is 5.12. The normalized spacial score (nSPS) is 32.5. The number of allylic oxidation sites excluding steroid dienone is 2. The van der Waals surface area contributed by atoms with Crippen LogP contribution in [-0.2, 0) is 14.4 Å². The summed E-state index contributed by atoms with van der Waals surface area (Å²) < 4.78 is 4.96. The van der Waals surface area contributed by atoms with Crippen LogP contribution in [0.15, 0.2) is 28.5 Å². The standard InChI is InChI=1S/C20H27NO4/c1-7-25-18(22)11-15(13(2)3)8-9-20(23)14(4)10-17(21-24-6)16-12-19(16,20)5/h10-11,13,16,23H,7,12H2,1-6H3/b15-11+,21-17?. The first kappa shape index (κ1) is 19.3. The molecule has 0 aliphatic heterocycles.